The van der Waals surface area contributed by atoms with Gasteiger partial charge in [-0.2, -0.15) is 0 Å². The van der Waals surface area contributed by atoms with E-state index >= 15 is 0 Å². The first kappa shape index (κ1) is 29.0. The van der Waals surface area contributed by atoms with Crippen LogP contribution in [0.15, 0.2) is 48.0 Å². The van der Waals surface area contributed by atoms with Gasteiger partial charge in [0.25, 0.3) is 11.7 Å². The molecule has 38 heavy (non-hydrogen) atoms. The molecule has 8 heteroatoms. The highest BCUT2D eigenvalue weighted by Crippen LogP contribution is 2.42. The van der Waals surface area contributed by atoms with Crippen LogP contribution in [0, 0.1) is 0 Å². The average Bonchev–Trinajstić information content (AvgIpc) is 3.19. The Morgan fingerprint density at radius 2 is 1.68 bits per heavy atom. The van der Waals surface area contributed by atoms with Crippen molar-refractivity contribution in [3.63, 3.8) is 0 Å². The second-order valence-corrected chi connectivity index (χ2v) is 9.09. The number of hydrogen-bond acceptors (Lipinski definition) is 7. The van der Waals surface area contributed by atoms with Crippen LogP contribution in [-0.2, 0) is 9.59 Å². The van der Waals surface area contributed by atoms with E-state index in [0.717, 1.165) is 26.1 Å². The minimum Gasteiger partial charge on any atom is -0.507 e. The van der Waals surface area contributed by atoms with Crippen molar-refractivity contribution >= 4 is 17.4 Å². The Balaban J connectivity index is 2.06. The highest BCUT2D eigenvalue weighted by atomic mass is 16.5. The lowest BCUT2D eigenvalue weighted by Crippen LogP contribution is -2.33. The fraction of sp³-hybridized carbons (Fsp3) is 0.467. The SMILES string of the molecule is CCCOc1ccc([C@@H]2/C(=C(\O)c3ccc(OCC)cc3)C(=O)C(=O)N2CCCN(CC)CC)cc1OC. The van der Waals surface area contributed by atoms with Crippen molar-refractivity contribution in [3.05, 3.63) is 59.2 Å². The summed E-state index contributed by atoms with van der Waals surface area (Å²) in [7, 11) is 1.55. The van der Waals surface area contributed by atoms with E-state index in [9.17, 15) is 14.7 Å². The van der Waals surface area contributed by atoms with Gasteiger partial charge in [-0.05, 0) is 81.4 Å². The van der Waals surface area contributed by atoms with Gasteiger partial charge in [0.2, 0.25) is 0 Å². The molecule has 1 fully saturated rings. The van der Waals surface area contributed by atoms with E-state index in [-0.39, 0.29) is 11.3 Å². The Morgan fingerprint density at radius 1 is 0.974 bits per heavy atom. The van der Waals surface area contributed by atoms with Crippen LogP contribution in [0.4, 0.5) is 0 Å². The molecule has 1 N–H and O–H groups in total. The summed E-state index contributed by atoms with van der Waals surface area (Å²) in [6, 6.07) is 11.5. The number of hydrogen-bond donors (Lipinski definition) is 1. The maximum Gasteiger partial charge on any atom is 0.295 e. The minimum atomic E-state index is -0.757. The predicted molar refractivity (Wildman–Crippen MR) is 148 cm³/mol. The molecule has 1 heterocycles. The van der Waals surface area contributed by atoms with E-state index in [0.29, 0.717) is 54.6 Å². The molecule has 206 valence electrons. The van der Waals surface area contributed by atoms with Crippen molar-refractivity contribution in [2.45, 2.75) is 46.6 Å². The number of likely N-dealkylation sites (tertiary alicyclic amines) is 1. The van der Waals surface area contributed by atoms with Crippen molar-refractivity contribution in [2.75, 3.05) is 46.5 Å². The summed E-state index contributed by atoms with van der Waals surface area (Å²) >= 11 is 0. The number of aliphatic hydroxyl groups is 1. The first-order chi connectivity index (χ1) is 18.4. The van der Waals surface area contributed by atoms with Gasteiger partial charge in [0.05, 0.1) is 31.9 Å². The zero-order valence-electron chi connectivity index (χ0n) is 23.2. The molecule has 0 aliphatic carbocycles. The maximum atomic E-state index is 13.4. The van der Waals surface area contributed by atoms with Crippen LogP contribution in [0.3, 0.4) is 0 Å². The van der Waals surface area contributed by atoms with Crippen molar-refractivity contribution in [1.82, 2.24) is 9.80 Å². The summed E-state index contributed by atoms with van der Waals surface area (Å²) < 4.78 is 16.9. The van der Waals surface area contributed by atoms with E-state index in [1.54, 1.807) is 48.4 Å². The Morgan fingerprint density at radius 3 is 2.29 bits per heavy atom. The second-order valence-electron chi connectivity index (χ2n) is 9.09. The number of amides is 1. The van der Waals surface area contributed by atoms with Gasteiger partial charge in [0.15, 0.2) is 11.5 Å². The number of Topliss-reactive ketones (excluding diaryl/α,β-unsaturated/α-hetero) is 1. The van der Waals surface area contributed by atoms with Gasteiger partial charge in [-0.15, -0.1) is 0 Å². The van der Waals surface area contributed by atoms with Gasteiger partial charge < -0.3 is 29.1 Å². The zero-order valence-corrected chi connectivity index (χ0v) is 23.2. The average molecular weight is 525 g/mol. The van der Waals surface area contributed by atoms with E-state index < -0.39 is 17.7 Å². The highest BCUT2D eigenvalue weighted by Gasteiger charge is 2.46. The fourth-order valence-electron chi connectivity index (χ4n) is 4.68. The molecule has 1 saturated heterocycles. The lowest BCUT2D eigenvalue weighted by molar-refractivity contribution is -0.140. The van der Waals surface area contributed by atoms with Gasteiger partial charge in [-0.1, -0.05) is 26.8 Å². The molecule has 1 amide bonds. The van der Waals surface area contributed by atoms with Crippen LogP contribution < -0.4 is 14.2 Å². The molecule has 0 saturated carbocycles. The lowest BCUT2D eigenvalue weighted by Gasteiger charge is -2.27. The number of benzene rings is 2. The minimum absolute atomic E-state index is 0.0614. The summed E-state index contributed by atoms with van der Waals surface area (Å²) in [5.41, 5.74) is 1.17. The molecule has 1 atom stereocenters. The summed E-state index contributed by atoms with van der Waals surface area (Å²) in [4.78, 5) is 30.5. The molecule has 2 aromatic rings. The monoisotopic (exact) mass is 524 g/mol. The van der Waals surface area contributed by atoms with Crippen LogP contribution in [0.1, 0.15) is 57.7 Å². The Hall–Kier alpha value is -3.52. The third-order valence-corrected chi connectivity index (χ3v) is 6.71. The molecule has 2 aromatic carbocycles. The number of methoxy groups -OCH3 is 1. The van der Waals surface area contributed by atoms with E-state index in [4.69, 9.17) is 14.2 Å². The summed E-state index contributed by atoms with van der Waals surface area (Å²) in [6.45, 7) is 12.2. The number of aliphatic hydroxyl groups excluding tert-OH is 1. The fourth-order valence-corrected chi connectivity index (χ4v) is 4.68. The smallest absolute Gasteiger partial charge is 0.295 e. The number of carbonyl (C=O) groups is 2. The zero-order chi connectivity index (χ0) is 27.7. The van der Waals surface area contributed by atoms with Gasteiger partial charge in [0, 0.05) is 12.1 Å². The molecule has 0 aromatic heterocycles. The Labute approximate surface area is 225 Å². The van der Waals surface area contributed by atoms with Crippen LogP contribution in [0.25, 0.3) is 5.76 Å². The quantitative estimate of drug-likeness (QED) is 0.211. The number of nitrogens with zero attached hydrogens (tertiary/aromatic N) is 2. The Bertz CT molecular complexity index is 1120. The van der Waals surface area contributed by atoms with Crippen LogP contribution >= 0.6 is 0 Å². The number of ketones is 1. The first-order valence-electron chi connectivity index (χ1n) is 13.4. The van der Waals surface area contributed by atoms with Gasteiger partial charge >= 0.3 is 0 Å². The molecule has 0 unspecified atom stereocenters. The van der Waals surface area contributed by atoms with Gasteiger partial charge in [-0.25, -0.2) is 0 Å². The first-order valence-corrected chi connectivity index (χ1v) is 13.4. The molecule has 1 aliphatic heterocycles. The molecular weight excluding hydrogens is 484 g/mol. The summed E-state index contributed by atoms with van der Waals surface area (Å²) in [5, 5.41) is 11.3. The van der Waals surface area contributed by atoms with Gasteiger partial charge in [-0.3, -0.25) is 9.59 Å². The molecule has 8 nitrogen and oxygen atoms in total. The molecular formula is C30H40N2O6. The standard InChI is InChI=1S/C30H40N2O6/c1-6-19-38-24-16-13-22(20-25(24)36-5)27-26(28(33)21-11-14-23(15-12-21)37-9-4)29(34)30(35)32(27)18-10-17-31(7-2)8-3/h11-16,20,27,33H,6-10,17-19H2,1-5H3/b28-26+/t27-/m1/s1. The topological polar surface area (TPSA) is 88.5 Å². The molecule has 1 aliphatic rings. The predicted octanol–water partition coefficient (Wildman–Crippen LogP) is 5.04. The van der Waals surface area contributed by atoms with Crippen LogP contribution in [-0.4, -0.2) is 73.1 Å². The second kappa shape index (κ2) is 13.9. The molecule has 3 rings (SSSR count). The highest BCUT2D eigenvalue weighted by molar-refractivity contribution is 6.46. The third-order valence-electron chi connectivity index (χ3n) is 6.71. The van der Waals surface area contributed by atoms with Crippen molar-refractivity contribution < 1.29 is 28.9 Å². The normalized spacial score (nSPS) is 16.8. The number of rotatable bonds is 14. The third kappa shape index (κ3) is 6.48. The van der Waals surface area contributed by atoms with Crippen molar-refractivity contribution in [3.8, 4) is 17.2 Å². The van der Waals surface area contributed by atoms with Crippen LogP contribution in [0.5, 0.6) is 17.2 Å². The maximum absolute atomic E-state index is 13.4. The number of carbonyl (C=O) groups excluding carboxylic acids is 2. The van der Waals surface area contributed by atoms with Crippen LogP contribution in [0.2, 0.25) is 0 Å². The Kier molecular flexibility index (Phi) is 10.6. The number of ether oxygens (including phenoxy) is 3. The van der Waals surface area contributed by atoms with Crippen molar-refractivity contribution in [2.24, 2.45) is 0 Å². The van der Waals surface area contributed by atoms with Gasteiger partial charge in [0.1, 0.15) is 11.5 Å². The summed E-state index contributed by atoms with van der Waals surface area (Å²) in [5.74, 6) is 0.216. The molecule has 0 spiro atoms. The van der Waals surface area contributed by atoms with E-state index in [1.807, 2.05) is 19.9 Å². The van der Waals surface area contributed by atoms with Crippen molar-refractivity contribution in [1.29, 1.82) is 0 Å². The largest absolute Gasteiger partial charge is 0.507 e. The van der Waals surface area contributed by atoms with E-state index in [1.165, 1.54) is 0 Å². The van der Waals surface area contributed by atoms with E-state index in [2.05, 4.69) is 18.7 Å². The lowest BCUT2D eigenvalue weighted by atomic mass is 9.95. The molecule has 0 bridgehead atoms. The molecule has 0 radical (unpaired) electrons. The summed E-state index contributed by atoms with van der Waals surface area (Å²) in [6.07, 6.45) is 1.54.